The van der Waals surface area contributed by atoms with Crippen LogP contribution in [0.1, 0.15) is 13.8 Å². The Labute approximate surface area is 117 Å². The molecule has 0 unspecified atom stereocenters. The summed E-state index contributed by atoms with van der Waals surface area (Å²) in [4.78, 5) is 10.8. The van der Waals surface area contributed by atoms with Crippen LogP contribution < -0.4 is 9.03 Å². The van der Waals surface area contributed by atoms with Gasteiger partial charge in [0.05, 0.1) is 5.69 Å². The van der Waals surface area contributed by atoms with E-state index in [4.69, 9.17) is 16.7 Å². The van der Waals surface area contributed by atoms with Crippen LogP contribution >= 0.6 is 11.6 Å². The average molecular weight is 307 g/mol. The van der Waals surface area contributed by atoms with Crippen LogP contribution in [0.3, 0.4) is 0 Å². The normalized spacial score (nSPS) is 11.6. The van der Waals surface area contributed by atoms with Gasteiger partial charge in [0.2, 0.25) is 0 Å². The molecule has 19 heavy (non-hydrogen) atoms. The van der Waals surface area contributed by atoms with Crippen molar-refractivity contribution in [2.24, 2.45) is 0 Å². The predicted molar refractivity (Wildman–Crippen MR) is 73.6 cm³/mol. The second kappa shape index (κ2) is 6.23. The predicted octanol–water partition coefficient (Wildman–Crippen LogP) is 1.47. The number of rotatable bonds is 6. The monoisotopic (exact) mass is 306 g/mol. The highest BCUT2D eigenvalue weighted by Crippen LogP contribution is 2.20. The molecule has 1 aromatic rings. The third kappa shape index (κ3) is 4.70. The lowest BCUT2D eigenvalue weighted by Gasteiger charge is -2.24. The Morgan fingerprint density at radius 3 is 2.32 bits per heavy atom. The highest BCUT2D eigenvalue weighted by molar-refractivity contribution is 7.90. The summed E-state index contributed by atoms with van der Waals surface area (Å²) in [7, 11) is -3.92. The fraction of sp³-hybridized carbons (Fsp3) is 0.364. The zero-order chi connectivity index (χ0) is 14.6. The maximum Gasteiger partial charge on any atom is 0.324 e. The third-order valence-electron chi connectivity index (χ3n) is 2.07. The van der Waals surface area contributed by atoms with Crippen LogP contribution in [0.5, 0.6) is 0 Å². The van der Waals surface area contributed by atoms with E-state index in [2.05, 4.69) is 4.72 Å². The Morgan fingerprint density at radius 2 is 1.89 bits per heavy atom. The maximum atomic E-state index is 12.1. The molecule has 0 aliphatic heterocycles. The number of carboxylic acid groups (broad SMARTS) is 1. The van der Waals surface area contributed by atoms with E-state index < -0.39 is 22.7 Å². The molecule has 106 valence electrons. The van der Waals surface area contributed by atoms with E-state index >= 15 is 0 Å². The minimum absolute atomic E-state index is 0.236. The van der Waals surface area contributed by atoms with Crippen molar-refractivity contribution in [3.63, 3.8) is 0 Å². The summed E-state index contributed by atoms with van der Waals surface area (Å²) >= 11 is 5.72. The van der Waals surface area contributed by atoms with E-state index in [0.717, 1.165) is 4.31 Å². The summed E-state index contributed by atoms with van der Waals surface area (Å²) in [6, 6.07) is 5.55. The molecule has 0 aliphatic carbocycles. The van der Waals surface area contributed by atoms with Gasteiger partial charge in [0.25, 0.3) is 0 Å². The van der Waals surface area contributed by atoms with Gasteiger partial charge in [0.1, 0.15) is 6.54 Å². The number of nitrogens with one attached hydrogen (secondary N) is 1. The number of carboxylic acids is 1. The van der Waals surface area contributed by atoms with Crippen molar-refractivity contribution >= 4 is 33.5 Å². The lowest BCUT2D eigenvalue weighted by Crippen LogP contribution is -2.46. The number of hydrogen-bond donors (Lipinski definition) is 2. The summed E-state index contributed by atoms with van der Waals surface area (Å²) in [5, 5.41) is 9.28. The first kappa shape index (κ1) is 15.7. The van der Waals surface area contributed by atoms with Crippen molar-refractivity contribution in [2.75, 3.05) is 10.8 Å². The Kier molecular flexibility index (Phi) is 5.16. The minimum Gasteiger partial charge on any atom is -0.480 e. The Hall–Kier alpha value is -1.31. The molecule has 1 aromatic carbocycles. The summed E-state index contributed by atoms with van der Waals surface area (Å²) in [5.41, 5.74) is 0.236. The number of hydrogen-bond acceptors (Lipinski definition) is 3. The highest BCUT2D eigenvalue weighted by atomic mass is 35.5. The van der Waals surface area contributed by atoms with E-state index in [1.54, 1.807) is 13.8 Å². The second-order valence-electron chi connectivity index (χ2n) is 4.15. The number of anilines is 1. The molecule has 0 aromatic heterocycles. The number of nitrogens with zero attached hydrogens (tertiary/aromatic N) is 1. The van der Waals surface area contributed by atoms with E-state index in [-0.39, 0.29) is 11.7 Å². The first-order chi connectivity index (χ1) is 8.72. The topological polar surface area (TPSA) is 86.7 Å². The number of benzene rings is 1. The molecule has 0 saturated heterocycles. The van der Waals surface area contributed by atoms with Crippen LogP contribution in [0.25, 0.3) is 0 Å². The summed E-state index contributed by atoms with van der Waals surface area (Å²) < 4.78 is 27.3. The van der Waals surface area contributed by atoms with Gasteiger partial charge in [-0.05, 0) is 38.1 Å². The molecule has 0 aliphatic rings. The van der Waals surface area contributed by atoms with Crippen molar-refractivity contribution in [3.05, 3.63) is 29.3 Å². The second-order valence-corrected chi connectivity index (χ2v) is 6.22. The Balaban J connectivity index is 3.14. The van der Waals surface area contributed by atoms with Gasteiger partial charge in [-0.3, -0.25) is 4.79 Å². The third-order valence-corrected chi connectivity index (χ3v) is 4.01. The smallest absolute Gasteiger partial charge is 0.324 e. The number of carbonyl (C=O) groups is 1. The fourth-order valence-corrected chi connectivity index (χ4v) is 2.94. The van der Waals surface area contributed by atoms with Gasteiger partial charge in [-0.25, -0.2) is 4.31 Å². The van der Waals surface area contributed by atoms with Gasteiger partial charge in [0, 0.05) is 11.1 Å². The molecular formula is C11H15ClN2O4S. The summed E-state index contributed by atoms with van der Waals surface area (Å²) in [5.74, 6) is -1.25. The van der Waals surface area contributed by atoms with Crippen molar-refractivity contribution < 1.29 is 18.3 Å². The molecule has 0 spiro atoms. The van der Waals surface area contributed by atoms with Crippen molar-refractivity contribution in [1.82, 2.24) is 4.72 Å². The average Bonchev–Trinajstić information content (AvgIpc) is 2.25. The fourth-order valence-electron chi connectivity index (χ4n) is 1.41. The summed E-state index contributed by atoms with van der Waals surface area (Å²) in [6.07, 6.45) is 0. The highest BCUT2D eigenvalue weighted by Gasteiger charge is 2.25. The molecule has 0 radical (unpaired) electrons. The van der Waals surface area contributed by atoms with Crippen LogP contribution in [0.2, 0.25) is 5.02 Å². The largest absolute Gasteiger partial charge is 0.480 e. The first-order valence-electron chi connectivity index (χ1n) is 5.49. The van der Waals surface area contributed by atoms with Crippen LogP contribution in [0.15, 0.2) is 24.3 Å². The first-order valence-corrected chi connectivity index (χ1v) is 7.31. The number of halogens is 1. The molecule has 0 saturated carbocycles. The van der Waals surface area contributed by atoms with Crippen molar-refractivity contribution in [2.45, 2.75) is 19.9 Å². The van der Waals surface area contributed by atoms with Gasteiger partial charge in [-0.2, -0.15) is 13.1 Å². The van der Waals surface area contributed by atoms with Gasteiger partial charge in [-0.1, -0.05) is 11.6 Å². The van der Waals surface area contributed by atoms with Crippen molar-refractivity contribution in [1.29, 1.82) is 0 Å². The minimum atomic E-state index is -3.92. The van der Waals surface area contributed by atoms with E-state index in [1.807, 2.05) is 0 Å². The van der Waals surface area contributed by atoms with Gasteiger partial charge in [-0.15, -0.1) is 0 Å². The van der Waals surface area contributed by atoms with Crippen LogP contribution in [-0.2, 0) is 15.0 Å². The molecule has 0 amide bonds. The molecular weight excluding hydrogens is 292 g/mol. The van der Waals surface area contributed by atoms with Gasteiger partial charge < -0.3 is 5.11 Å². The standard InChI is InChI=1S/C11H15ClN2O4S/c1-8(2)13-19(17,18)14(7-11(15)16)10-5-3-9(12)4-6-10/h3-6,8,13H,7H2,1-2H3,(H,15,16). The van der Waals surface area contributed by atoms with E-state index in [9.17, 15) is 13.2 Å². The molecule has 0 bridgehead atoms. The number of aliphatic carboxylic acids is 1. The zero-order valence-corrected chi connectivity index (χ0v) is 12.1. The molecule has 1 rings (SSSR count). The molecule has 2 N–H and O–H groups in total. The Morgan fingerprint density at radius 1 is 1.37 bits per heavy atom. The van der Waals surface area contributed by atoms with Crippen LogP contribution in [0.4, 0.5) is 5.69 Å². The molecule has 0 fully saturated rings. The molecule has 6 nitrogen and oxygen atoms in total. The lowest BCUT2D eigenvalue weighted by atomic mass is 10.3. The summed E-state index contributed by atoms with van der Waals surface area (Å²) in [6.45, 7) is 2.64. The maximum absolute atomic E-state index is 12.1. The van der Waals surface area contributed by atoms with Crippen LogP contribution in [-0.4, -0.2) is 32.1 Å². The van der Waals surface area contributed by atoms with Gasteiger partial charge in [0.15, 0.2) is 0 Å². The quantitative estimate of drug-likeness (QED) is 0.833. The van der Waals surface area contributed by atoms with E-state index in [1.165, 1.54) is 24.3 Å². The van der Waals surface area contributed by atoms with Crippen molar-refractivity contribution in [3.8, 4) is 0 Å². The van der Waals surface area contributed by atoms with Crippen LogP contribution in [0, 0.1) is 0 Å². The molecule has 8 heteroatoms. The van der Waals surface area contributed by atoms with E-state index in [0.29, 0.717) is 5.02 Å². The zero-order valence-electron chi connectivity index (χ0n) is 10.5. The molecule has 0 heterocycles. The van der Waals surface area contributed by atoms with Gasteiger partial charge >= 0.3 is 16.2 Å². The SMILES string of the molecule is CC(C)NS(=O)(=O)N(CC(=O)O)c1ccc(Cl)cc1. The molecule has 0 atom stereocenters. The Bertz CT molecular complexity index is 542. The lowest BCUT2D eigenvalue weighted by molar-refractivity contribution is -0.135.